The summed E-state index contributed by atoms with van der Waals surface area (Å²) in [7, 11) is 0. The number of carboxylic acids is 1. The third kappa shape index (κ3) is 1.95. The molecule has 2 N–H and O–H groups in total. The van der Waals surface area contributed by atoms with Crippen molar-refractivity contribution < 1.29 is 19.4 Å². The molecule has 0 bridgehead atoms. The van der Waals surface area contributed by atoms with Crippen molar-refractivity contribution in [1.82, 2.24) is 0 Å². The smallest absolute Gasteiger partial charge is 0.308 e. The summed E-state index contributed by atoms with van der Waals surface area (Å²) in [5.74, 6) is -0.956. The Morgan fingerprint density at radius 2 is 2.11 bits per heavy atom. The van der Waals surface area contributed by atoms with Gasteiger partial charge in [-0.25, -0.2) is 0 Å². The van der Waals surface area contributed by atoms with Crippen molar-refractivity contribution in [3.63, 3.8) is 0 Å². The lowest BCUT2D eigenvalue weighted by molar-refractivity contribution is -0.136. The van der Waals surface area contributed by atoms with Gasteiger partial charge in [0.1, 0.15) is 22.5 Å². The molecule has 1 heterocycles. The number of carboxylic acid groups (broad SMARTS) is 1. The van der Waals surface area contributed by atoms with E-state index in [0.717, 1.165) is 0 Å². The van der Waals surface area contributed by atoms with Crippen molar-refractivity contribution in [2.45, 2.75) is 19.8 Å². The molecule has 5 nitrogen and oxygen atoms in total. The highest BCUT2D eigenvalue weighted by atomic mass is 16.4. The molecular weight excluding hydrogens is 236 g/mol. The second-order valence-electron chi connectivity index (χ2n) is 3.91. The van der Waals surface area contributed by atoms with Crippen LogP contribution in [0.2, 0.25) is 0 Å². The number of aromatic hydroxyl groups is 1. The van der Waals surface area contributed by atoms with Gasteiger partial charge in [-0.15, -0.1) is 0 Å². The molecule has 0 fully saturated rings. The highest BCUT2D eigenvalue weighted by Crippen LogP contribution is 2.24. The SMILES string of the molecule is CCc1oc2cccc(O)c2c(=O)c1CC(=O)O. The summed E-state index contributed by atoms with van der Waals surface area (Å²) in [6.45, 7) is 1.78. The molecule has 0 aliphatic heterocycles. The van der Waals surface area contributed by atoms with Crippen LogP contribution in [-0.4, -0.2) is 16.2 Å². The average Bonchev–Trinajstić information content (AvgIpc) is 2.32. The maximum atomic E-state index is 12.2. The van der Waals surface area contributed by atoms with E-state index in [-0.39, 0.29) is 22.3 Å². The van der Waals surface area contributed by atoms with Crippen molar-refractivity contribution in [2.24, 2.45) is 0 Å². The first-order valence-electron chi connectivity index (χ1n) is 5.53. The van der Waals surface area contributed by atoms with Crippen LogP contribution < -0.4 is 5.43 Å². The zero-order valence-electron chi connectivity index (χ0n) is 9.77. The van der Waals surface area contributed by atoms with Crippen molar-refractivity contribution in [3.05, 3.63) is 39.7 Å². The van der Waals surface area contributed by atoms with Crippen LogP contribution in [0, 0.1) is 0 Å². The van der Waals surface area contributed by atoms with Crippen molar-refractivity contribution in [1.29, 1.82) is 0 Å². The van der Waals surface area contributed by atoms with E-state index in [1.165, 1.54) is 6.07 Å². The van der Waals surface area contributed by atoms with Crippen molar-refractivity contribution >= 4 is 16.9 Å². The van der Waals surface area contributed by atoms with Gasteiger partial charge in [-0.3, -0.25) is 9.59 Å². The van der Waals surface area contributed by atoms with E-state index in [0.29, 0.717) is 12.2 Å². The topological polar surface area (TPSA) is 87.7 Å². The lowest BCUT2D eigenvalue weighted by atomic mass is 10.1. The second kappa shape index (κ2) is 4.52. The minimum atomic E-state index is -1.10. The van der Waals surface area contributed by atoms with Gasteiger partial charge < -0.3 is 14.6 Å². The predicted octanol–water partition coefficient (Wildman–Crippen LogP) is 1.69. The van der Waals surface area contributed by atoms with Gasteiger partial charge in [0.15, 0.2) is 5.43 Å². The summed E-state index contributed by atoms with van der Waals surface area (Å²) in [5.41, 5.74) is -0.112. The molecule has 0 unspecified atom stereocenters. The maximum absolute atomic E-state index is 12.2. The first-order valence-corrected chi connectivity index (χ1v) is 5.53. The fourth-order valence-corrected chi connectivity index (χ4v) is 1.92. The summed E-state index contributed by atoms with van der Waals surface area (Å²) in [5, 5.41) is 18.5. The van der Waals surface area contributed by atoms with E-state index in [4.69, 9.17) is 9.52 Å². The number of carbonyl (C=O) groups is 1. The van der Waals surface area contributed by atoms with E-state index >= 15 is 0 Å². The van der Waals surface area contributed by atoms with Crippen molar-refractivity contribution in [2.75, 3.05) is 0 Å². The third-order valence-electron chi connectivity index (χ3n) is 2.72. The summed E-state index contributed by atoms with van der Waals surface area (Å²) in [4.78, 5) is 22.9. The Labute approximate surface area is 102 Å². The number of benzene rings is 1. The van der Waals surface area contributed by atoms with Gasteiger partial charge in [-0.05, 0) is 12.1 Å². The molecule has 0 atom stereocenters. The highest BCUT2D eigenvalue weighted by molar-refractivity contribution is 5.84. The zero-order valence-corrected chi connectivity index (χ0v) is 9.77. The average molecular weight is 248 g/mol. The number of fused-ring (bicyclic) bond motifs is 1. The van der Waals surface area contributed by atoms with Crippen LogP contribution in [0.3, 0.4) is 0 Å². The number of hydrogen-bond acceptors (Lipinski definition) is 4. The van der Waals surface area contributed by atoms with E-state index in [1.807, 2.05) is 0 Å². The van der Waals surface area contributed by atoms with Crippen LogP contribution >= 0.6 is 0 Å². The summed E-state index contributed by atoms with van der Waals surface area (Å²) >= 11 is 0. The number of rotatable bonds is 3. The summed E-state index contributed by atoms with van der Waals surface area (Å²) < 4.78 is 5.48. The number of hydrogen-bond donors (Lipinski definition) is 2. The molecule has 0 saturated carbocycles. The second-order valence-corrected chi connectivity index (χ2v) is 3.91. The molecule has 18 heavy (non-hydrogen) atoms. The monoisotopic (exact) mass is 248 g/mol. The molecule has 1 aromatic carbocycles. The Morgan fingerprint density at radius 3 is 2.72 bits per heavy atom. The fraction of sp³-hybridized carbons (Fsp3) is 0.231. The van der Waals surface area contributed by atoms with Crippen LogP contribution in [0.25, 0.3) is 11.0 Å². The summed E-state index contributed by atoms with van der Waals surface area (Å²) in [6.07, 6.45) is 0.0131. The van der Waals surface area contributed by atoms with E-state index < -0.39 is 17.8 Å². The van der Waals surface area contributed by atoms with E-state index in [1.54, 1.807) is 19.1 Å². The van der Waals surface area contributed by atoms with Gasteiger partial charge in [0.2, 0.25) is 0 Å². The Balaban J connectivity index is 2.84. The standard InChI is InChI=1S/C13H12O5/c1-2-9-7(6-11(15)16)13(17)12-8(14)4-3-5-10(12)18-9/h3-5,14H,2,6H2,1H3,(H,15,16). The normalized spacial score (nSPS) is 10.7. The molecule has 0 aliphatic carbocycles. The fourth-order valence-electron chi connectivity index (χ4n) is 1.92. The van der Waals surface area contributed by atoms with Crippen LogP contribution in [0.5, 0.6) is 5.75 Å². The van der Waals surface area contributed by atoms with Gasteiger partial charge in [0.05, 0.1) is 6.42 Å². The molecular formula is C13H12O5. The molecule has 2 rings (SSSR count). The molecule has 0 aliphatic rings. The van der Waals surface area contributed by atoms with Crippen LogP contribution in [0.1, 0.15) is 18.2 Å². The minimum absolute atomic E-state index is 0.0333. The van der Waals surface area contributed by atoms with Gasteiger partial charge >= 0.3 is 5.97 Å². The Morgan fingerprint density at radius 1 is 1.39 bits per heavy atom. The number of phenols is 1. The van der Waals surface area contributed by atoms with Gasteiger partial charge in [-0.1, -0.05) is 13.0 Å². The number of phenolic OH excluding ortho intramolecular Hbond substituents is 1. The van der Waals surface area contributed by atoms with Crippen LogP contribution in [0.4, 0.5) is 0 Å². The number of aliphatic carboxylic acids is 1. The molecule has 0 radical (unpaired) electrons. The molecule has 1 aromatic heterocycles. The lowest BCUT2D eigenvalue weighted by Gasteiger charge is -2.07. The Hall–Kier alpha value is -2.30. The van der Waals surface area contributed by atoms with Gasteiger partial charge in [0.25, 0.3) is 0 Å². The molecule has 2 aromatic rings. The van der Waals surface area contributed by atoms with Crippen LogP contribution in [0.15, 0.2) is 27.4 Å². The highest BCUT2D eigenvalue weighted by Gasteiger charge is 2.17. The Bertz CT molecular complexity index is 669. The predicted molar refractivity (Wildman–Crippen MR) is 64.9 cm³/mol. The van der Waals surface area contributed by atoms with Crippen molar-refractivity contribution in [3.8, 4) is 5.75 Å². The molecule has 94 valence electrons. The first-order chi connectivity index (χ1) is 8.54. The first kappa shape index (κ1) is 12.2. The molecule has 0 spiro atoms. The molecule has 0 saturated heterocycles. The molecule has 5 heteroatoms. The molecule has 0 amide bonds. The largest absolute Gasteiger partial charge is 0.507 e. The van der Waals surface area contributed by atoms with Gasteiger partial charge in [-0.2, -0.15) is 0 Å². The van der Waals surface area contributed by atoms with E-state index in [9.17, 15) is 14.7 Å². The summed E-state index contributed by atoms with van der Waals surface area (Å²) in [6, 6.07) is 4.51. The van der Waals surface area contributed by atoms with Gasteiger partial charge in [0, 0.05) is 12.0 Å². The van der Waals surface area contributed by atoms with E-state index in [2.05, 4.69) is 0 Å². The lowest BCUT2D eigenvalue weighted by Crippen LogP contribution is -2.16. The Kier molecular flexibility index (Phi) is 3.06. The quantitative estimate of drug-likeness (QED) is 0.862. The minimum Gasteiger partial charge on any atom is -0.507 e. The zero-order chi connectivity index (χ0) is 13.3. The third-order valence-corrected chi connectivity index (χ3v) is 2.72. The number of aryl methyl sites for hydroxylation is 1. The van der Waals surface area contributed by atoms with Crippen LogP contribution in [-0.2, 0) is 17.6 Å². The maximum Gasteiger partial charge on any atom is 0.308 e.